The molecule has 1 aromatic heterocycles. The second-order valence-electron chi connectivity index (χ2n) is 6.11. The number of nitrogens with zero attached hydrogens (tertiary/aromatic N) is 2. The van der Waals surface area contributed by atoms with E-state index in [1.54, 1.807) is 25.6 Å². The monoisotopic (exact) mass is 378 g/mol. The van der Waals surface area contributed by atoms with Crippen molar-refractivity contribution < 1.29 is 14.4 Å². The molecule has 0 bridgehead atoms. The van der Waals surface area contributed by atoms with Crippen LogP contribution in [-0.4, -0.2) is 30.1 Å². The number of aryl methyl sites for hydroxylation is 2. The summed E-state index contributed by atoms with van der Waals surface area (Å²) in [6.45, 7) is 0. The second-order valence-corrected chi connectivity index (χ2v) is 6.11. The zero-order valence-corrected chi connectivity index (χ0v) is 15.8. The van der Waals surface area contributed by atoms with Crippen molar-refractivity contribution in [2.75, 3.05) is 19.5 Å². The van der Waals surface area contributed by atoms with Gasteiger partial charge in [0.2, 0.25) is 5.95 Å². The highest BCUT2D eigenvalue weighted by molar-refractivity contribution is 5.94. The zero-order chi connectivity index (χ0) is 19.8. The second kappa shape index (κ2) is 9.48. The molecule has 2 aromatic carbocycles. The summed E-state index contributed by atoms with van der Waals surface area (Å²) in [5.74, 6) is 0.856. The molecule has 0 fully saturated rings. The Morgan fingerprint density at radius 3 is 2.36 bits per heavy atom. The number of carbonyl (C=O) groups is 1. The smallest absolute Gasteiger partial charge is 0.274 e. The Balaban J connectivity index is 1.65. The van der Waals surface area contributed by atoms with E-state index >= 15 is 0 Å². The number of rotatable bonds is 8. The standard InChI is InChI=1S/C21H22N4O3/c1-27-19-11-15(10-17(12-19)20(26)25-28-2)8-9-16-13-22-21(23-14-16)24-18-6-4-3-5-7-18/h3-7,10-14H,8-9H2,1-2H3,(H,25,26)(H,22,23,24). The zero-order valence-electron chi connectivity index (χ0n) is 15.8. The van der Waals surface area contributed by atoms with Crippen molar-refractivity contribution >= 4 is 17.5 Å². The predicted octanol–water partition coefficient (Wildman–Crippen LogP) is 3.31. The van der Waals surface area contributed by atoms with Crippen molar-refractivity contribution in [1.29, 1.82) is 0 Å². The van der Waals surface area contributed by atoms with Crippen LogP contribution in [0.1, 0.15) is 21.5 Å². The lowest BCUT2D eigenvalue weighted by Gasteiger charge is -2.09. The third-order valence-corrected chi connectivity index (χ3v) is 4.10. The largest absolute Gasteiger partial charge is 0.497 e. The summed E-state index contributed by atoms with van der Waals surface area (Å²) in [6.07, 6.45) is 5.07. The fraction of sp³-hybridized carbons (Fsp3) is 0.190. The number of benzene rings is 2. The summed E-state index contributed by atoms with van der Waals surface area (Å²) < 4.78 is 5.29. The summed E-state index contributed by atoms with van der Waals surface area (Å²) in [7, 11) is 2.97. The lowest BCUT2D eigenvalue weighted by molar-refractivity contribution is 0.0537. The van der Waals surface area contributed by atoms with Crippen LogP contribution < -0.4 is 15.5 Å². The maximum atomic E-state index is 12.0. The Kier molecular flexibility index (Phi) is 6.54. The first kappa shape index (κ1) is 19.3. The van der Waals surface area contributed by atoms with Crippen molar-refractivity contribution in [2.45, 2.75) is 12.8 Å². The maximum Gasteiger partial charge on any atom is 0.274 e. The van der Waals surface area contributed by atoms with Gasteiger partial charge in [0.25, 0.3) is 5.91 Å². The van der Waals surface area contributed by atoms with Gasteiger partial charge < -0.3 is 10.1 Å². The van der Waals surface area contributed by atoms with E-state index in [1.165, 1.54) is 7.11 Å². The molecule has 3 aromatic rings. The molecule has 144 valence electrons. The number of methoxy groups -OCH3 is 1. The minimum atomic E-state index is -0.317. The number of hydrogen-bond acceptors (Lipinski definition) is 6. The average molecular weight is 378 g/mol. The first-order valence-corrected chi connectivity index (χ1v) is 8.82. The van der Waals surface area contributed by atoms with E-state index in [1.807, 2.05) is 42.5 Å². The highest BCUT2D eigenvalue weighted by Gasteiger charge is 2.09. The third kappa shape index (κ3) is 5.28. The van der Waals surface area contributed by atoms with E-state index in [9.17, 15) is 4.79 Å². The predicted molar refractivity (Wildman–Crippen MR) is 107 cm³/mol. The quantitative estimate of drug-likeness (QED) is 0.585. The van der Waals surface area contributed by atoms with Gasteiger partial charge in [0.15, 0.2) is 0 Å². The highest BCUT2D eigenvalue weighted by atomic mass is 16.6. The topological polar surface area (TPSA) is 85.4 Å². The van der Waals surface area contributed by atoms with E-state index in [0.29, 0.717) is 17.3 Å². The molecule has 0 radical (unpaired) electrons. The number of aromatic nitrogens is 2. The van der Waals surface area contributed by atoms with E-state index in [2.05, 4.69) is 20.8 Å². The Hall–Kier alpha value is -3.45. The van der Waals surface area contributed by atoms with Crippen LogP contribution in [0.3, 0.4) is 0 Å². The molecule has 0 aliphatic heterocycles. The Morgan fingerprint density at radius 2 is 1.68 bits per heavy atom. The van der Waals surface area contributed by atoms with Gasteiger partial charge in [-0.1, -0.05) is 18.2 Å². The molecular weight excluding hydrogens is 356 g/mol. The van der Waals surface area contributed by atoms with Crippen molar-refractivity contribution in [3.05, 3.63) is 77.6 Å². The molecule has 0 saturated carbocycles. The minimum Gasteiger partial charge on any atom is -0.497 e. The number of hydrogen-bond donors (Lipinski definition) is 2. The van der Waals surface area contributed by atoms with Gasteiger partial charge >= 0.3 is 0 Å². The summed E-state index contributed by atoms with van der Waals surface area (Å²) in [5.41, 5.74) is 5.72. The molecule has 1 amide bonds. The lowest BCUT2D eigenvalue weighted by Crippen LogP contribution is -2.22. The number of para-hydroxylation sites is 1. The molecule has 7 nitrogen and oxygen atoms in total. The summed E-state index contributed by atoms with van der Waals surface area (Å²) in [4.78, 5) is 25.4. The van der Waals surface area contributed by atoms with E-state index in [4.69, 9.17) is 9.57 Å². The SMILES string of the molecule is CONC(=O)c1cc(CCc2cnc(Nc3ccccc3)nc2)cc(OC)c1. The van der Waals surface area contributed by atoms with Crippen LogP contribution in [0.2, 0.25) is 0 Å². The Bertz CT molecular complexity index is 915. The number of amides is 1. The maximum absolute atomic E-state index is 12.0. The molecule has 0 aliphatic rings. The van der Waals surface area contributed by atoms with Crippen molar-refractivity contribution in [3.8, 4) is 5.75 Å². The molecule has 1 heterocycles. The van der Waals surface area contributed by atoms with Crippen LogP contribution in [0.25, 0.3) is 0 Å². The first-order chi connectivity index (χ1) is 13.7. The Labute approximate surface area is 163 Å². The molecular formula is C21H22N4O3. The third-order valence-electron chi connectivity index (χ3n) is 4.10. The van der Waals surface area contributed by atoms with Crippen LogP contribution in [0.4, 0.5) is 11.6 Å². The van der Waals surface area contributed by atoms with Crippen LogP contribution in [-0.2, 0) is 17.7 Å². The van der Waals surface area contributed by atoms with Crippen LogP contribution in [0, 0.1) is 0 Å². The van der Waals surface area contributed by atoms with Gasteiger partial charge in [0.1, 0.15) is 5.75 Å². The van der Waals surface area contributed by atoms with E-state index in [-0.39, 0.29) is 5.91 Å². The van der Waals surface area contributed by atoms with Crippen LogP contribution in [0.5, 0.6) is 5.75 Å². The first-order valence-electron chi connectivity index (χ1n) is 8.82. The van der Waals surface area contributed by atoms with Gasteiger partial charge in [0.05, 0.1) is 14.2 Å². The molecule has 0 atom stereocenters. The molecule has 2 N–H and O–H groups in total. The fourth-order valence-electron chi connectivity index (χ4n) is 2.69. The number of ether oxygens (including phenoxy) is 1. The van der Waals surface area contributed by atoms with Gasteiger partial charge in [-0.25, -0.2) is 15.4 Å². The lowest BCUT2D eigenvalue weighted by atomic mass is 10.0. The summed E-state index contributed by atoms with van der Waals surface area (Å²) in [6, 6.07) is 15.2. The van der Waals surface area contributed by atoms with E-state index < -0.39 is 0 Å². The van der Waals surface area contributed by atoms with Crippen LogP contribution >= 0.6 is 0 Å². The molecule has 28 heavy (non-hydrogen) atoms. The molecule has 0 aliphatic carbocycles. The average Bonchev–Trinajstić information content (AvgIpc) is 2.74. The molecule has 7 heteroatoms. The van der Waals surface area contributed by atoms with Gasteiger partial charge in [-0.3, -0.25) is 9.63 Å². The van der Waals surface area contributed by atoms with Gasteiger partial charge in [-0.05, 0) is 54.3 Å². The fourth-order valence-corrected chi connectivity index (χ4v) is 2.69. The summed E-state index contributed by atoms with van der Waals surface area (Å²) >= 11 is 0. The minimum absolute atomic E-state index is 0.317. The van der Waals surface area contributed by atoms with Gasteiger partial charge in [-0.2, -0.15) is 0 Å². The van der Waals surface area contributed by atoms with Crippen molar-refractivity contribution in [1.82, 2.24) is 15.4 Å². The number of nitrogens with one attached hydrogen (secondary N) is 2. The Morgan fingerprint density at radius 1 is 0.964 bits per heavy atom. The van der Waals surface area contributed by atoms with Crippen LogP contribution in [0.15, 0.2) is 60.9 Å². The molecule has 0 unspecified atom stereocenters. The van der Waals surface area contributed by atoms with Gasteiger partial charge in [-0.15, -0.1) is 0 Å². The van der Waals surface area contributed by atoms with Gasteiger partial charge in [0, 0.05) is 23.6 Å². The highest BCUT2D eigenvalue weighted by Crippen LogP contribution is 2.19. The number of carbonyl (C=O) groups excluding carboxylic acids is 1. The molecule has 0 spiro atoms. The molecule has 3 rings (SSSR count). The van der Waals surface area contributed by atoms with Crippen molar-refractivity contribution in [2.24, 2.45) is 0 Å². The normalized spacial score (nSPS) is 10.4. The molecule has 0 saturated heterocycles. The number of hydroxylamine groups is 1. The summed E-state index contributed by atoms with van der Waals surface area (Å²) in [5, 5.41) is 3.16. The van der Waals surface area contributed by atoms with E-state index in [0.717, 1.165) is 29.7 Å². The van der Waals surface area contributed by atoms with Crippen molar-refractivity contribution in [3.63, 3.8) is 0 Å². The number of anilines is 2.